The van der Waals surface area contributed by atoms with Crippen molar-refractivity contribution in [1.82, 2.24) is 0 Å². The Morgan fingerprint density at radius 2 is 2.27 bits per heavy atom. The summed E-state index contributed by atoms with van der Waals surface area (Å²) in [7, 11) is 1.48. The number of ether oxygens (including phenoxy) is 1. The molecule has 0 aliphatic carbocycles. The van der Waals surface area contributed by atoms with Crippen LogP contribution in [0.3, 0.4) is 0 Å². The molecule has 0 spiro atoms. The summed E-state index contributed by atoms with van der Waals surface area (Å²) >= 11 is 5.89. The van der Waals surface area contributed by atoms with Crippen LogP contribution >= 0.6 is 11.6 Å². The van der Waals surface area contributed by atoms with Crippen molar-refractivity contribution >= 4 is 23.2 Å². The Morgan fingerprint density at radius 3 is 2.80 bits per heavy atom. The van der Waals surface area contributed by atoms with E-state index in [0.29, 0.717) is 16.5 Å². The van der Waals surface area contributed by atoms with Crippen molar-refractivity contribution in [2.45, 2.75) is 6.92 Å². The van der Waals surface area contributed by atoms with Gasteiger partial charge in [0.1, 0.15) is 12.4 Å². The number of halogens is 1. The number of carbonyl (C=O) groups excluding carboxylic acids is 1. The van der Waals surface area contributed by atoms with Gasteiger partial charge in [-0.25, -0.2) is 0 Å². The highest BCUT2D eigenvalue weighted by molar-refractivity contribution is 6.31. The van der Waals surface area contributed by atoms with Gasteiger partial charge >= 0.3 is 0 Å². The molecule has 0 saturated carbocycles. The smallest absolute Gasteiger partial charge is 0.250 e. The van der Waals surface area contributed by atoms with Crippen molar-refractivity contribution in [2.24, 2.45) is 0 Å². The number of benzene rings is 1. The fourth-order valence-corrected chi connectivity index (χ4v) is 1.27. The molecule has 0 aromatic heterocycles. The van der Waals surface area contributed by atoms with Crippen LogP contribution in [0.4, 0.5) is 5.69 Å². The summed E-state index contributed by atoms with van der Waals surface area (Å²) in [4.78, 5) is 11.0. The van der Waals surface area contributed by atoms with E-state index in [1.807, 2.05) is 6.92 Å². The van der Waals surface area contributed by atoms with Crippen LogP contribution in [0, 0.1) is 6.92 Å². The first-order valence-corrected chi connectivity index (χ1v) is 4.71. The van der Waals surface area contributed by atoms with Gasteiger partial charge in [0.15, 0.2) is 0 Å². The van der Waals surface area contributed by atoms with Gasteiger partial charge in [-0.05, 0) is 18.6 Å². The standard InChI is InChI=1S/C10H12ClNO3/c1-6-3-8(12-10(14)5-13)9(15-2)4-7(6)11/h3-4,13H,5H2,1-2H3,(H,12,14). The molecule has 1 aromatic rings. The fourth-order valence-electron chi connectivity index (χ4n) is 1.12. The number of methoxy groups -OCH3 is 1. The molecule has 15 heavy (non-hydrogen) atoms. The van der Waals surface area contributed by atoms with Crippen LogP contribution in [-0.2, 0) is 4.79 Å². The summed E-state index contributed by atoms with van der Waals surface area (Å²) in [5, 5.41) is 11.7. The summed E-state index contributed by atoms with van der Waals surface area (Å²) < 4.78 is 5.05. The van der Waals surface area contributed by atoms with E-state index in [1.165, 1.54) is 7.11 Å². The lowest BCUT2D eigenvalue weighted by Crippen LogP contribution is -2.16. The third kappa shape index (κ3) is 2.84. The van der Waals surface area contributed by atoms with Crippen molar-refractivity contribution in [3.8, 4) is 5.75 Å². The zero-order chi connectivity index (χ0) is 11.4. The number of hydrogen-bond donors (Lipinski definition) is 2. The molecular formula is C10H12ClNO3. The predicted molar refractivity (Wildman–Crippen MR) is 58.5 cm³/mol. The monoisotopic (exact) mass is 229 g/mol. The van der Waals surface area contributed by atoms with E-state index < -0.39 is 12.5 Å². The molecule has 0 aliphatic heterocycles. The van der Waals surface area contributed by atoms with Crippen molar-refractivity contribution in [2.75, 3.05) is 19.0 Å². The molecule has 0 aliphatic rings. The Labute approximate surface area is 92.8 Å². The van der Waals surface area contributed by atoms with Gasteiger partial charge in [0.2, 0.25) is 5.91 Å². The van der Waals surface area contributed by atoms with E-state index in [9.17, 15) is 4.79 Å². The average Bonchev–Trinajstić information content (AvgIpc) is 2.22. The Hall–Kier alpha value is -1.26. The lowest BCUT2D eigenvalue weighted by molar-refractivity contribution is -0.118. The van der Waals surface area contributed by atoms with E-state index in [0.717, 1.165) is 5.56 Å². The topological polar surface area (TPSA) is 58.6 Å². The van der Waals surface area contributed by atoms with Crippen LogP contribution in [0.1, 0.15) is 5.56 Å². The van der Waals surface area contributed by atoms with Gasteiger partial charge in [-0.1, -0.05) is 11.6 Å². The second-order valence-electron chi connectivity index (χ2n) is 3.01. The summed E-state index contributed by atoms with van der Waals surface area (Å²) in [5.74, 6) is -0.0255. The first-order valence-electron chi connectivity index (χ1n) is 4.33. The van der Waals surface area contributed by atoms with Gasteiger partial charge in [0.25, 0.3) is 0 Å². The maximum absolute atomic E-state index is 11.0. The molecule has 4 nitrogen and oxygen atoms in total. The van der Waals surface area contributed by atoms with Crippen LogP contribution < -0.4 is 10.1 Å². The van der Waals surface area contributed by atoms with Crippen LogP contribution in [0.25, 0.3) is 0 Å². The number of aliphatic hydroxyl groups is 1. The summed E-state index contributed by atoms with van der Waals surface area (Å²) in [6, 6.07) is 3.30. The van der Waals surface area contributed by atoms with Gasteiger partial charge in [0.05, 0.1) is 12.8 Å². The number of hydrogen-bond acceptors (Lipinski definition) is 3. The van der Waals surface area contributed by atoms with Crippen LogP contribution in [-0.4, -0.2) is 24.7 Å². The Kier molecular flexibility index (Phi) is 3.94. The van der Waals surface area contributed by atoms with Crippen molar-refractivity contribution in [3.63, 3.8) is 0 Å². The fraction of sp³-hybridized carbons (Fsp3) is 0.300. The van der Waals surface area contributed by atoms with Crippen molar-refractivity contribution < 1.29 is 14.6 Å². The average molecular weight is 230 g/mol. The van der Waals surface area contributed by atoms with E-state index in [1.54, 1.807) is 12.1 Å². The summed E-state index contributed by atoms with van der Waals surface area (Å²) in [5.41, 5.74) is 1.32. The molecule has 0 radical (unpaired) electrons. The van der Waals surface area contributed by atoms with Gasteiger partial charge in [-0.15, -0.1) is 0 Å². The normalized spacial score (nSPS) is 9.87. The third-order valence-electron chi connectivity index (χ3n) is 1.90. The number of carbonyl (C=O) groups is 1. The van der Waals surface area contributed by atoms with Crippen LogP contribution in [0.5, 0.6) is 5.75 Å². The second-order valence-corrected chi connectivity index (χ2v) is 3.42. The zero-order valence-electron chi connectivity index (χ0n) is 8.50. The van der Waals surface area contributed by atoms with Gasteiger partial charge in [-0.2, -0.15) is 0 Å². The van der Waals surface area contributed by atoms with E-state index >= 15 is 0 Å². The molecule has 0 bridgehead atoms. The predicted octanol–water partition coefficient (Wildman–Crippen LogP) is 1.59. The number of anilines is 1. The summed E-state index contributed by atoms with van der Waals surface area (Å²) in [6.07, 6.45) is 0. The minimum Gasteiger partial charge on any atom is -0.495 e. The first kappa shape index (κ1) is 11.8. The highest BCUT2D eigenvalue weighted by atomic mass is 35.5. The highest BCUT2D eigenvalue weighted by Gasteiger charge is 2.09. The molecule has 1 amide bonds. The Bertz CT molecular complexity index is 379. The molecular weight excluding hydrogens is 218 g/mol. The SMILES string of the molecule is COc1cc(Cl)c(C)cc1NC(=O)CO. The first-order chi connectivity index (χ1) is 7.08. The van der Waals surface area contributed by atoms with E-state index in [4.69, 9.17) is 21.4 Å². The Balaban J connectivity index is 3.05. The number of aliphatic hydroxyl groups excluding tert-OH is 1. The molecule has 5 heteroatoms. The quantitative estimate of drug-likeness (QED) is 0.828. The molecule has 1 rings (SSSR count). The minimum atomic E-state index is -0.565. The largest absolute Gasteiger partial charge is 0.495 e. The molecule has 0 fully saturated rings. The Morgan fingerprint density at radius 1 is 1.60 bits per heavy atom. The molecule has 2 N–H and O–H groups in total. The van der Waals surface area contributed by atoms with Gasteiger partial charge in [0, 0.05) is 11.1 Å². The maximum atomic E-state index is 11.0. The molecule has 82 valence electrons. The molecule has 1 aromatic carbocycles. The molecule has 0 heterocycles. The lowest BCUT2D eigenvalue weighted by Gasteiger charge is -2.11. The van der Waals surface area contributed by atoms with Gasteiger partial charge in [-0.3, -0.25) is 4.79 Å². The molecule has 0 atom stereocenters. The van der Waals surface area contributed by atoms with Gasteiger partial charge < -0.3 is 15.2 Å². The third-order valence-corrected chi connectivity index (χ3v) is 2.31. The van der Waals surface area contributed by atoms with Crippen molar-refractivity contribution in [3.05, 3.63) is 22.7 Å². The van der Waals surface area contributed by atoms with Crippen LogP contribution in [0.2, 0.25) is 5.02 Å². The number of rotatable bonds is 3. The number of nitrogens with one attached hydrogen (secondary N) is 1. The van der Waals surface area contributed by atoms with Crippen molar-refractivity contribution in [1.29, 1.82) is 0 Å². The molecule has 0 saturated heterocycles. The molecule has 0 unspecified atom stereocenters. The van der Waals surface area contributed by atoms with E-state index in [-0.39, 0.29) is 0 Å². The second kappa shape index (κ2) is 5.00. The number of aryl methyl sites for hydroxylation is 1. The zero-order valence-corrected chi connectivity index (χ0v) is 9.26. The lowest BCUT2D eigenvalue weighted by atomic mass is 10.2. The highest BCUT2D eigenvalue weighted by Crippen LogP contribution is 2.30. The minimum absolute atomic E-state index is 0.465. The number of amides is 1. The maximum Gasteiger partial charge on any atom is 0.250 e. The summed E-state index contributed by atoms with van der Waals surface area (Å²) in [6.45, 7) is 1.25. The van der Waals surface area contributed by atoms with E-state index in [2.05, 4.69) is 5.32 Å². The van der Waals surface area contributed by atoms with Crippen LogP contribution in [0.15, 0.2) is 12.1 Å².